The van der Waals surface area contributed by atoms with Crippen LogP contribution in [0.1, 0.15) is 30.9 Å². The molecule has 0 saturated heterocycles. The van der Waals surface area contributed by atoms with Crippen molar-refractivity contribution in [1.29, 1.82) is 0 Å². The Hall–Kier alpha value is -0.700. The lowest BCUT2D eigenvalue weighted by Crippen LogP contribution is -1.96. The van der Waals surface area contributed by atoms with Crippen LogP contribution in [0.2, 0.25) is 0 Å². The van der Waals surface area contributed by atoms with Crippen molar-refractivity contribution in [2.75, 3.05) is 7.11 Å². The molecule has 0 fully saturated rings. The first-order chi connectivity index (χ1) is 6.49. The molecular formula is C11H15BrO2. The average molecular weight is 259 g/mol. The standard InChI is InChI=1S/C11H15BrO2/c1-6(2)8-5-9(12)7(3)10(13)11(8)14-4/h5-6,13H,1-4H3. The van der Waals surface area contributed by atoms with Gasteiger partial charge in [-0.15, -0.1) is 0 Å². The molecule has 0 heterocycles. The second kappa shape index (κ2) is 4.22. The number of benzene rings is 1. The number of aromatic hydroxyl groups is 1. The Morgan fingerprint density at radius 1 is 1.43 bits per heavy atom. The Labute approximate surface area is 93.0 Å². The lowest BCUT2D eigenvalue weighted by Gasteiger charge is -2.15. The van der Waals surface area contributed by atoms with Gasteiger partial charge in [-0.3, -0.25) is 0 Å². The summed E-state index contributed by atoms with van der Waals surface area (Å²) >= 11 is 3.41. The van der Waals surface area contributed by atoms with E-state index in [1.807, 2.05) is 13.0 Å². The van der Waals surface area contributed by atoms with E-state index in [0.29, 0.717) is 11.7 Å². The molecule has 0 radical (unpaired) electrons. The van der Waals surface area contributed by atoms with Crippen molar-refractivity contribution >= 4 is 15.9 Å². The van der Waals surface area contributed by atoms with E-state index in [2.05, 4.69) is 29.8 Å². The summed E-state index contributed by atoms with van der Waals surface area (Å²) in [5.41, 5.74) is 1.83. The second-order valence-corrected chi connectivity index (χ2v) is 4.46. The van der Waals surface area contributed by atoms with Crippen LogP contribution in [0, 0.1) is 6.92 Å². The fourth-order valence-corrected chi connectivity index (χ4v) is 1.81. The molecule has 0 amide bonds. The molecule has 0 unspecified atom stereocenters. The summed E-state index contributed by atoms with van der Waals surface area (Å²) in [5.74, 6) is 1.14. The minimum atomic E-state index is 0.227. The normalized spacial score (nSPS) is 10.7. The third-order valence-corrected chi connectivity index (χ3v) is 3.12. The Bertz CT molecular complexity index is 346. The molecule has 0 aromatic heterocycles. The van der Waals surface area contributed by atoms with Gasteiger partial charge in [-0.2, -0.15) is 0 Å². The first-order valence-electron chi connectivity index (χ1n) is 4.55. The van der Waals surface area contributed by atoms with Crippen LogP contribution in [0.5, 0.6) is 11.5 Å². The van der Waals surface area contributed by atoms with Crippen LogP contribution in [0.15, 0.2) is 10.5 Å². The summed E-state index contributed by atoms with van der Waals surface area (Å²) in [6, 6.07) is 2.00. The van der Waals surface area contributed by atoms with Gasteiger partial charge >= 0.3 is 0 Å². The van der Waals surface area contributed by atoms with Crippen molar-refractivity contribution < 1.29 is 9.84 Å². The number of hydrogen-bond acceptors (Lipinski definition) is 2. The first kappa shape index (κ1) is 11.4. The van der Waals surface area contributed by atoms with Crippen molar-refractivity contribution in [3.05, 3.63) is 21.7 Å². The zero-order valence-corrected chi connectivity index (χ0v) is 10.5. The molecule has 0 saturated carbocycles. The zero-order valence-electron chi connectivity index (χ0n) is 8.89. The third kappa shape index (κ3) is 1.87. The fraction of sp³-hybridized carbons (Fsp3) is 0.455. The average Bonchev–Trinajstić information content (AvgIpc) is 2.13. The van der Waals surface area contributed by atoms with Crippen LogP contribution in [-0.4, -0.2) is 12.2 Å². The molecule has 0 aliphatic heterocycles. The zero-order chi connectivity index (χ0) is 10.9. The van der Waals surface area contributed by atoms with Crippen LogP contribution in [0.3, 0.4) is 0 Å². The number of ether oxygens (including phenoxy) is 1. The van der Waals surface area contributed by atoms with E-state index in [9.17, 15) is 5.11 Å². The van der Waals surface area contributed by atoms with Gasteiger partial charge in [-0.25, -0.2) is 0 Å². The molecule has 78 valence electrons. The number of rotatable bonds is 2. The van der Waals surface area contributed by atoms with Gasteiger partial charge in [0.25, 0.3) is 0 Å². The molecule has 0 spiro atoms. The monoisotopic (exact) mass is 258 g/mol. The molecule has 0 atom stereocenters. The Balaban J connectivity index is 3.43. The summed E-state index contributed by atoms with van der Waals surface area (Å²) in [5, 5.41) is 9.85. The highest BCUT2D eigenvalue weighted by molar-refractivity contribution is 9.10. The van der Waals surface area contributed by atoms with Crippen molar-refractivity contribution in [2.45, 2.75) is 26.7 Å². The molecule has 3 heteroatoms. The van der Waals surface area contributed by atoms with Gasteiger partial charge in [0.1, 0.15) is 0 Å². The van der Waals surface area contributed by atoms with Crippen LogP contribution < -0.4 is 4.74 Å². The quantitative estimate of drug-likeness (QED) is 0.879. The van der Waals surface area contributed by atoms with E-state index in [0.717, 1.165) is 15.6 Å². The van der Waals surface area contributed by atoms with Crippen LogP contribution in [-0.2, 0) is 0 Å². The smallest absolute Gasteiger partial charge is 0.164 e. The van der Waals surface area contributed by atoms with Gasteiger partial charge in [-0.1, -0.05) is 29.8 Å². The fourth-order valence-electron chi connectivity index (χ4n) is 1.37. The molecule has 1 rings (SSSR count). The highest BCUT2D eigenvalue weighted by Crippen LogP contribution is 2.40. The minimum Gasteiger partial charge on any atom is -0.504 e. The Kier molecular flexibility index (Phi) is 3.43. The minimum absolute atomic E-state index is 0.227. The molecule has 2 nitrogen and oxygen atoms in total. The van der Waals surface area contributed by atoms with E-state index in [4.69, 9.17) is 4.74 Å². The molecule has 1 N–H and O–H groups in total. The summed E-state index contributed by atoms with van der Waals surface area (Å²) < 4.78 is 6.12. The predicted octanol–water partition coefficient (Wildman–Crippen LogP) is 3.60. The number of phenols is 1. The van der Waals surface area contributed by atoms with E-state index in [-0.39, 0.29) is 5.75 Å². The molecular weight excluding hydrogens is 244 g/mol. The van der Waals surface area contributed by atoms with Gasteiger partial charge in [0.05, 0.1) is 7.11 Å². The lowest BCUT2D eigenvalue weighted by molar-refractivity contribution is 0.365. The van der Waals surface area contributed by atoms with Gasteiger partial charge in [-0.05, 0) is 18.9 Å². The van der Waals surface area contributed by atoms with Crippen molar-refractivity contribution in [1.82, 2.24) is 0 Å². The highest BCUT2D eigenvalue weighted by Gasteiger charge is 2.16. The molecule has 1 aromatic rings. The van der Waals surface area contributed by atoms with E-state index in [1.165, 1.54) is 0 Å². The maximum atomic E-state index is 9.85. The molecule has 14 heavy (non-hydrogen) atoms. The first-order valence-corrected chi connectivity index (χ1v) is 5.34. The Morgan fingerprint density at radius 2 is 2.00 bits per heavy atom. The number of hydrogen-bond donors (Lipinski definition) is 1. The van der Waals surface area contributed by atoms with Crippen molar-refractivity contribution in [2.24, 2.45) is 0 Å². The van der Waals surface area contributed by atoms with Gasteiger partial charge in [0.15, 0.2) is 11.5 Å². The summed E-state index contributed by atoms with van der Waals surface area (Å²) in [6.45, 7) is 5.99. The van der Waals surface area contributed by atoms with E-state index < -0.39 is 0 Å². The summed E-state index contributed by atoms with van der Waals surface area (Å²) in [6.07, 6.45) is 0. The van der Waals surface area contributed by atoms with Crippen molar-refractivity contribution in [3.8, 4) is 11.5 Å². The number of methoxy groups -OCH3 is 1. The van der Waals surface area contributed by atoms with E-state index in [1.54, 1.807) is 7.11 Å². The molecule has 0 bridgehead atoms. The predicted molar refractivity (Wildman–Crippen MR) is 61.2 cm³/mol. The number of phenolic OH excluding ortho intramolecular Hbond substituents is 1. The van der Waals surface area contributed by atoms with Gasteiger partial charge in [0, 0.05) is 15.6 Å². The highest BCUT2D eigenvalue weighted by atomic mass is 79.9. The van der Waals surface area contributed by atoms with Crippen LogP contribution in [0.25, 0.3) is 0 Å². The summed E-state index contributed by atoms with van der Waals surface area (Å²) in [7, 11) is 1.58. The topological polar surface area (TPSA) is 29.5 Å². The molecule has 1 aromatic carbocycles. The maximum Gasteiger partial charge on any atom is 0.164 e. The SMILES string of the molecule is COc1c(C(C)C)cc(Br)c(C)c1O. The van der Waals surface area contributed by atoms with Crippen LogP contribution in [0.4, 0.5) is 0 Å². The lowest BCUT2D eigenvalue weighted by atomic mass is 10.00. The molecule has 0 aliphatic rings. The third-order valence-electron chi connectivity index (χ3n) is 2.30. The van der Waals surface area contributed by atoms with Gasteiger partial charge in [0.2, 0.25) is 0 Å². The second-order valence-electron chi connectivity index (χ2n) is 3.61. The largest absolute Gasteiger partial charge is 0.504 e. The van der Waals surface area contributed by atoms with E-state index >= 15 is 0 Å². The summed E-state index contributed by atoms with van der Waals surface area (Å²) in [4.78, 5) is 0. The Morgan fingerprint density at radius 3 is 2.43 bits per heavy atom. The van der Waals surface area contributed by atoms with Crippen molar-refractivity contribution in [3.63, 3.8) is 0 Å². The van der Waals surface area contributed by atoms with Gasteiger partial charge < -0.3 is 9.84 Å². The number of halogens is 1. The maximum absolute atomic E-state index is 9.85. The molecule has 0 aliphatic carbocycles. The van der Waals surface area contributed by atoms with Crippen LogP contribution >= 0.6 is 15.9 Å².